The van der Waals surface area contributed by atoms with Crippen molar-refractivity contribution in [3.63, 3.8) is 0 Å². The summed E-state index contributed by atoms with van der Waals surface area (Å²) in [6.07, 6.45) is 0. The van der Waals surface area contributed by atoms with Crippen molar-refractivity contribution in [1.29, 1.82) is 0 Å². The van der Waals surface area contributed by atoms with E-state index in [1.165, 1.54) is 98.4 Å². The fourth-order valence-corrected chi connectivity index (χ4v) is 9.76. The fourth-order valence-electron chi connectivity index (χ4n) is 9.76. The van der Waals surface area contributed by atoms with Gasteiger partial charge in [0, 0.05) is 17.1 Å². The number of nitrogens with zero attached hydrogens (tertiary/aromatic N) is 1. The molecule has 1 heteroatoms. The van der Waals surface area contributed by atoms with Crippen LogP contribution in [0.3, 0.4) is 0 Å². The van der Waals surface area contributed by atoms with E-state index in [1.807, 2.05) is 0 Å². The van der Waals surface area contributed by atoms with Gasteiger partial charge in [-0.25, -0.2) is 0 Å². The molecule has 0 N–H and O–H groups in total. The molecule has 0 aliphatic rings. The Labute approximate surface area is 367 Å². The van der Waals surface area contributed by atoms with Gasteiger partial charge in [-0.3, -0.25) is 0 Å². The van der Waals surface area contributed by atoms with Gasteiger partial charge in [-0.15, -0.1) is 0 Å². The molecule has 0 amide bonds. The molecule has 63 heavy (non-hydrogen) atoms. The smallest absolute Gasteiger partial charge is 0.0468 e. The SMILES string of the molecule is c1ccc(-c2cc3ccccc3cc2-c2ccc3c(c2)c(-c2ccc4ccccc4c2)c(-c2ccc4ccccc4c2)c2cc(N(c4ccccc4)c4ccccc4)ccc23)cc1. The van der Waals surface area contributed by atoms with Crippen LogP contribution in [-0.2, 0) is 0 Å². The maximum absolute atomic E-state index is 2.47. The monoisotopic (exact) mass is 799 g/mol. The molecule has 0 radical (unpaired) electrons. The molecule has 1 nitrogen and oxygen atoms in total. The van der Waals surface area contributed by atoms with E-state index in [1.54, 1.807) is 0 Å². The summed E-state index contributed by atoms with van der Waals surface area (Å²) < 4.78 is 0. The van der Waals surface area contributed by atoms with Gasteiger partial charge in [0.2, 0.25) is 0 Å². The first-order valence-electron chi connectivity index (χ1n) is 21.7. The van der Waals surface area contributed by atoms with Crippen molar-refractivity contribution in [2.45, 2.75) is 0 Å². The van der Waals surface area contributed by atoms with Gasteiger partial charge < -0.3 is 4.90 Å². The van der Waals surface area contributed by atoms with Crippen LogP contribution in [0.5, 0.6) is 0 Å². The molecule has 0 spiro atoms. The van der Waals surface area contributed by atoms with Gasteiger partial charge in [0.15, 0.2) is 0 Å². The van der Waals surface area contributed by atoms with Gasteiger partial charge >= 0.3 is 0 Å². The molecular formula is C62H41N. The van der Waals surface area contributed by atoms with Gasteiger partial charge in [0.1, 0.15) is 0 Å². The molecule has 0 saturated heterocycles. The lowest BCUT2D eigenvalue weighted by Gasteiger charge is -2.27. The number of hydrogen-bond acceptors (Lipinski definition) is 1. The fraction of sp³-hybridized carbons (Fsp3) is 0. The zero-order valence-corrected chi connectivity index (χ0v) is 34.6. The van der Waals surface area contributed by atoms with Crippen LogP contribution in [0, 0.1) is 0 Å². The number of benzene rings is 12. The summed E-state index contributed by atoms with van der Waals surface area (Å²) >= 11 is 0. The minimum atomic E-state index is 1.10. The third-order valence-corrected chi connectivity index (χ3v) is 12.7. The van der Waals surface area contributed by atoms with Gasteiger partial charge in [-0.2, -0.15) is 0 Å². The summed E-state index contributed by atoms with van der Waals surface area (Å²) in [6.45, 7) is 0. The highest BCUT2D eigenvalue weighted by Gasteiger charge is 2.22. The Kier molecular flexibility index (Phi) is 8.90. The minimum Gasteiger partial charge on any atom is -0.310 e. The lowest BCUT2D eigenvalue weighted by Crippen LogP contribution is -2.09. The first-order chi connectivity index (χ1) is 31.2. The zero-order valence-electron chi connectivity index (χ0n) is 34.6. The summed E-state index contributed by atoms with van der Waals surface area (Å²) in [4.78, 5) is 2.37. The second-order valence-electron chi connectivity index (χ2n) is 16.5. The number of fused-ring (bicyclic) bond motifs is 6. The van der Waals surface area contributed by atoms with Gasteiger partial charge in [-0.1, -0.05) is 182 Å². The highest BCUT2D eigenvalue weighted by atomic mass is 15.1. The second kappa shape index (κ2) is 15.3. The molecule has 0 heterocycles. The van der Waals surface area contributed by atoms with Crippen LogP contribution in [-0.4, -0.2) is 0 Å². The van der Waals surface area contributed by atoms with E-state index in [0.717, 1.165) is 17.1 Å². The lowest BCUT2D eigenvalue weighted by molar-refractivity contribution is 1.29. The van der Waals surface area contributed by atoms with Crippen LogP contribution in [0.4, 0.5) is 17.1 Å². The van der Waals surface area contributed by atoms with Crippen molar-refractivity contribution in [1.82, 2.24) is 0 Å². The molecule has 294 valence electrons. The summed E-state index contributed by atoms with van der Waals surface area (Å²) in [5.41, 5.74) is 13.0. The molecule has 0 atom stereocenters. The van der Waals surface area contributed by atoms with Crippen LogP contribution in [0.25, 0.3) is 98.4 Å². The molecule has 12 aromatic rings. The summed E-state index contributed by atoms with van der Waals surface area (Å²) in [7, 11) is 0. The van der Waals surface area contributed by atoms with E-state index >= 15 is 0 Å². The van der Waals surface area contributed by atoms with Crippen molar-refractivity contribution in [2.24, 2.45) is 0 Å². The molecule has 0 fully saturated rings. The molecule has 12 aromatic carbocycles. The standard InChI is InChI=1S/C62H41N/c1-4-18-44(19-5-1)57-38-47-22-14-15-23-48(47)39-58(57)49-32-34-55-56-35-33-54(63(52-24-6-2-7-25-52)53-26-8-3-9-27-53)41-60(56)62(51-31-29-43-17-11-13-21-46(43)37-51)61(59(55)40-49)50-30-28-42-16-10-12-20-45(42)36-50/h1-41H. The highest BCUT2D eigenvalue weighted by Crippen LogP contribution is 2.49. The topological polar surface area (TPSA) is 3.24 Å². The van der Waals surface area contributed by atoms with Crippen molar-refractivity contribution < 1.29 is 0 Å². The third-order valence-electron chi connectivity index (χ3n) is 12.7. The molecule has 0 aromatic heterocycles. The van der Waals surface area contributed by atoms with E-state index in [-0.39, 0.29) is 0 Å². The molecule has 0 unspecified atom stereocenters. The minimum absolute atomic E-state index is 1.10. The Morgan fingerprint density at radius 1 is 0.206 bits per heavy atom. The maximum Gasteiger partial charge on any atom is 0.0468 e. The van der Waals surface area contributed by atoms with E-state index < -0.39 is 0 Å². The van der Waals surface area contributed by atoms with Gasteiger partial charge in [-0.05, 0) is 165 Å². The van der Waals surface area contributed by atoms with E-state index in [2.05, 4.69) is 254 Å². The normalized spacial score (nSPS) is 11.5. The van der Waals surface area contributed by atoms with E-state index in [4.69, 9.17) is 0 Å². The Morgan fingerprint density at radius 3 is 1.13 bits per heavy atom. The Hall–Kier alpha value is -8.26. The molecule has 12 rings (SSSR count). The zero-order chi connectivity index (χ0) is 41.7. The van der Waals surface area contributed by atoms with Crippen molar-refractivity contribution in [3.8, 4) is 44.5 Å². The summed E-state index contributed by atoms with van der Waals surface area (Å²) in [5, 5.41) is 12.2. The molecule has 0 saturated carbocycles. The average molecular weight is 800 g/mol. The van der Waals surface area contributed by atoms with Crippen LogP contribution in [0.1, 0.15) is 0 Å². The molecule has 0 aliphatic carbocycles. The second-order valence-corrected chi connectivity index (χ2v) is 16.5. The molecule has 0 bridgehead atoms. The molecule has 0 aliphatic heterocycles. The number of hydrogen-bond donors (Lipinski definition) is 0. The Bertz CT molecular complexity index is 3630. The summed E-state index contributed by atoms with van der Waals surface area (Å²) in [6, 6.07) is 91.4. The first kappa shape index (κ1) is 36.6. The van der Waals surface area contributed by atoms with Gasteiger partial charge in [0.05, 0.1) is 0 Å². The Morgan fingerprint density at radius 2 is 0.603 bits per heavy atom. The lowest BCUT2D eigenvalue weighted by atomic mass is 9.82. The third kappa shape index (κ3) is 6.50. The van der Waals surface area contributed by atoms with Crippen molar-refractivity contribution >= 4 is 70.9 Å². The van der Waals surface area contributed by atoms with Crippen LogP contribution in [0.2, 0.25) is 0 Å². The Balaban J connectivity index is 1.22. The predicted octanol–water partition coefficient (Wildman–Crippen LogP) is 17.6. The van der Waals surface area contributed by atoms with Crippen LogP contribution in [0.15, 0.2) is 249 Å². The highest BCUT2D eigenvalue weighted by molar-refractivity contribution is 6.23. The van der Waals surface area contributed by atoms with E-state index in [0.29, 0.717) is 0 Å². The predicted molar refractivity (Wildman–Crippen MR) is 270 cm³/mol. The van der Waals surface area contributed by atoms with E-state index in [9.17, 15) is 0 Å². The largest absolute Gasteiger partial charge is 0.310 e. The summed E-state index contributed by atoms with van der Waals surface area (Å²) in [5.74, 6) is 0. The van der Waals surface area contributed by atoms with Crippen molar-refractivity contribution in [2.75, 3.05) is 4.90 Å². The number of rotatable bonds is 7. The quantitative estimate of drug-likeness (QED) is 0.145. The van der Waals surface area contributed by atoms with Crippen molar-refractivity contribution in [3.05, 3.63) is 249 Å². The number of anilines is 3. The van der Waals surface area contributed by atoms with Crippen LogP contribution >= 0.6 is 0 Å². The molecular weight excluding hydrogens is 759 g/mol. The number of para-hydroxylation sites is 2. The van der Waals surface area contributed by atoms with Gasteiger partial charge in [0.25, 0.3) is 0 Å². The maximum atomic E-state index is 2.47. The van der Waals surface area contributed by atoms with Crippen LogP contribution < -0.4 is 4.90 Å². The first-order valence-corrected chi connectivity index (χ1v) is 21.7. The average Bonchev–Trinajstić information content (AvgIpc) is 3.36.